The molecule has 0 saturated carbocycles. The van der Waals surface area contributed by atoms with E-state index in [0.717, 1.165) is 50.1 Å². The van der Waals surface area contributed by atoms with Crippen LogP contribution in [0.5, 0.6) is 0 Å². The highest BCUT2D eigenvalue weighted by molar-refractivity contribution is 6.12. The SMILES string of the molecule is CC1(C)c2ccccc2-c2ccc(N(c3ccc(-c4ccc(-c5ccc6ccccc6c5)cc4)cc3)c3cccc(-c4cccc5oc6ccccc6c45)c3)cc21. The first-order chi connectivity index (χ1) is 28.0. The fourth-order valence-corrected chi connectivity index (χ4v) is 9.13. The Bertz CT molecular complexity index is 3150. The summed E-state index contributed by atoms with van der Waals surface area (Å²) < 4.78 is 6.30. The molecule has 0 saturated heterocycles. The Kier molecular flexibility index (Phi) is 7.55. The first kappa shape index (κ1) is 33.2. The number of para-hydroxylation sites is 1. The first-order valence-corrected chi connectivity index (χ1v) is 19.7. The van der Waals surface area contributed by atoms with Crippen molar-refractivity contribution in [2.24, 2.45) is 0 Å². The molecule has 1 aromatic heterocycles. The van der Waals surface area contributed by atoms with E-state index in [1.807, 2.05) is 12.1 Å². The second-order valence-corrected chi connectivity index (χ2v) is 15.7. The van der Waals surface area contributed by atoms with E-state index in [2.05, 4.69) is 207 Å². The van der Waals surface area contributed by atoms with Crippen molar-refractivity contribution in [3.8, 4) is 44.5 Å². The van der Waals surface area contributed by atoms with Crippen LogP contribution in [0.25, 0.3) is 77.2 Å². The number of hydrogen-bond donors (Lipinski definition) is 0. The summed E-state index contributed by atoms with van der Waals surface area (Å²) in [6.07, 6.45) is 0. The molecule has 0 atom stereocenters. The van der Waals surface area contributed by atoms with E-state index in [9.17, 15) is 0 Å². The maximum atomic E-state index is 6.30. The van der Waals surface area contributed by atoms with Gasteiger partial charge in [0.2, 0.25) is 0 Å². The Hall–Kier alpha value is -7.16. The molecule has 2 heteroatoms. The molecule has 1 aliphatic carbocycles. The van der Waals surface area contributed by atoms with Crippen molar-refractivity contribution in [1.29, 1.82) is 0 Å². The molecule has 1 heterocycles. The lowest BCUT2D eigenvalue weighted by molar-refractivity contribution is 0.660. The molecule has 0 N–H and O–H groups in total. The first-order valence-electron chi connectivity index (χ1n) is 19.7. The molecule has 10 aromatic rings. The van der Waals surface area contributed by atoms with E-state index in [-0.39, 0.29) is 5.41 Å². The third-order valence-electron chi connectivity index (χ3n) is 12.1. The van der Waals surface area contributed by atoms with Gasteiger partial charge in [0.25, 0.3) is 0 Å². The van der Waals surface area contributed by atoms with Gasteiger partial charge < -0.3 is 9.32 Å². The lowest BCUT2D eigenvalue weighted by Crippen LogP contribution is -2.16. The molecule has 57 heavy (non-hydrogen) atoms. The lowest BCUT2D eigenvalue weighted by Gasteiger charge is -2.28. The molecule has 0 radical (unpaired) electrons. The minimum Gasteiger partial charge on any atom is -0.456 e. The molecule has 0 spiro atoms. The average molecular weight is 730 g/mol. The van der Waals surface area contributed by atoms with Gasteiger partial charge in [-0.15, -0.1) is 0 Å². The fraction of sp³-hybridized carbons (Fsp3) is 0.0545. The maximum Gasteiger partial charge on any atom is 0.136 e. The van der Waals surface area contributed by atoms with E-state index in [4.69, 9.17) is 4.42 Å². The van der Waals surface area contributed by atoms with Gasteiger partial charge in [0.05, 0.1) is 0 Å². The molecule has 1 aliphatic rings. The van der Waals surface area contributed by atoms with E-state index in [1.165, 1.54) is 55.3 Å². The summed E-state index contributed by atoms with van der Waals surface area (Å²) in [4.78, 5) is 2.41. The van der Waals surface area contributed by atoms with Crippen molar-refractivity contribution in [3.63, 3.8) is 0 Å². The van der Waals surface area contributed by atoms with Gasteiger partial charge in [0.1, 0.15) is 11.2 Å². The van der Waals surface area contributed by atoms with Gasteiger partial charge in [-0.05, 0) is 121 Å². The Morgan fingerprint density at radius 2 is 0.965 bits per heavy atom. The van der Waals surface area contributed by atoms with E-state index >= 15 is 0 Å². The van der Waals surface area contributed by atoms with Crippen LogP contribution in [0.15, 0.2) is 205 Å². The topological polar surface area (TPSA) is 16.4 Å². The summed E-state index contributed by atoms with van der Waals surface area (Å²) in [7, 11) is 0. The highest BCUT2D eigenvalue weighted by Crippen LogP contribution is 2.51. The van der Waals surface area contributed by atoms with Crippen LogP contribution < -0.4 is 4.90 Å². The minimum atomic E-state index is -0.115. The van der Waals surface area contributed by atoms with Crippen molar-refractivity contribution >= 4 is 49.8 Å². The van der Waals surface area contributed by atoms with E-state index in [1.54, 1.807) is 0 Å². The van der Waals surface area contributed by atoms with Gasteiger partial charge in [-0.1, -0.05) is 159 Å². The van der Waals surface area contributed by atoms with Gasteiger partial charge in [0.15, 0.2) is 0 Å². The molecular weight excluding hydrogens is 691 g/mol. The lowest BCUT2D eigenvalue weighted by atomic mass is 9.82. The molecule has 0 bridgehead atoms. The van der Waals surface area contributed by atoms with Gasteiger partial charge in [0, 0.05) is 33.2 Å². The zero-order valence-electron chi connectivity index (χ0n) is 31.9. The Balaban J connectivity index is 1.00. The molecule has 0 fully saturated rings. The maximum absolute atomic E-state index is 6.30. The molecule has 0 amide bonds. The second kappa shape index (κ2) is 13.0. The third kappa shape index (κ3) is 5.48. The summed E-state index contributed by atoms with van der Waals surface area (Å²) in [5.74, 6) is 0. The zero-order valence-corrected chi connectivity index (χ0v) is 31.9. The summed E-state index contributed by atoms with van der Waals surface area (Å²) >= 11 is 0. The van der Waals surface area contributed by atoms with E-state index < -0.39 is 0 Å². The van der Waals surface area contributed by atoms with Gasteiger partial charge >= 0.3 is 0 Å². The smallest absolute Gasteiger partial charge is 0.136 e. The van der Waals surface area contributed by atoms with Crippen molar-refractivity contribution in [2.75, 3.05) is 4.90 Å². The predicted octanol–water partition coefficient (Wildman–Crippen LogP) is 15.5. The van der Waals surface area contributed by atoms with Gasteiger partial charge in [-0.3, -0.25) is 0 Å². The number of hydrogen-bond acceptors (Lipinski definition) is 2. The van der Waals surface area contributed by atoms with Crippen molar-refractivity contribution in [1.82, 2.24) is 0 Å². The summed E-state index contributed by atoms with van der Waals surface area (Å²) in [6, 6.07) is 72.7. The number of benzene rings is 9. The van der Waals surface area contributed by atoms with Crippen LogP contribution in [0.3, 0.4) is 0 Å². The van der Waals surface area contributed by atoms with Crippen molar-refractivity contribution in [3.05, 3.63) is 211 Å². The quantitative estimate of drug-likeness (QED) is 0.169. The molecule has 0 unspecified atom stereocenters. The fourth-order valence-electron chi connectivity index (χ4n) is 9.13. The predicted molar refractivity (Wildman–Crippen MR) is 240 cm³/mol. The van der Waals surface area contributed by atoms with Crippen LogP contribution in [-0.2, 0) is 5.41 Å². The van der Waals surface area contributed by atoms with Crippen LogP contribution in [0, 0.1) is 0 Å². The summed E-state index contributed by atoms with van der Waals surface area (Å²) in [5.41, 5.74) is 17.5. The van der Waals surface area contributed by atoms with Crippen molar-refractivity contribution in [2.45, 2.75) is 19.3 Å². The normalized spacial score (nSPS) is 12.9. The monoisotopic (exact) mass is 729 g/mol. The number of fused-ring (bicyclic) bond motifs is 7. The highest BCUT2D eigenvalue weighted by atomic mass is 16.3. The third-order valence-corrected chi connectivity index (χ3v) is 12.1. The molecule has 270 valence electrons. The average Bonchev–Trinajstić information content (AvgIpc) is 3.76. The molecule has 11 rings (SSSR count). The van der Waals surface area contributed by atoms with Gasteiger partial charge in [-0.2, -0.15) is 0 Å². The minimum absolute atomic E-state index is 0.115. The van der Waals surface area contributed by atoms with Crippen LogP contribution in [0.1, 0.15) is 25.0 Å². The van der Waals surface area contributed by atoms with Crippen LogP contribution in [0.2, 0.25) is 0 Å². The number of nitrogens with zero attached hydrogens (tertiary/aromatic N) is 1. The van der Waals surface area contributed by atoms with Crippen LogP contribution in [-0.4, -0.2) is 0 Å². The molecule has 0 aliphatic heterocycles. The number of rotatable bonds is 6. The van der Waals surface area contributed by atoms with Gasteiger partial charge in [-0.25, -0.2) is 0 Å². The summed E-state index contributed by atoms with van der Waals surface area (Å²) in [5, 5.41) is 4.79. The standard InChI is InChI=1S/C55H39NO/c1-55(2)50-18-7-5-15-47(50)48-32-31-45(35-51(48)55)56(44-14-9-13-42(34-44)46-17-10-20-53-54(46)49-16-6-8-19-52(49)57-53)43-29-27-38(28-30-43)37-21-23-39(24-22-37)41-26-25-36-11-3-4-12-40(36)33-41/h3-35H,1-2H3. The highest BCUT2D eigenvalue weighted by Gasteiger charge is 2.35. The van der Waals surface area contributed by atoms with E-state index in [0.29, 0.717) is 0 Å². The molecule has 2 nitrogen and oxygen atoms in total. The Morgan fingerprint density at radius 1 is 0.368 bits per heavy atom. The molecule has 9 aromatic carbocycles. The largest absolute Gasteiger partial charge is 0.456 e. The van der Waals surface area contributed by atoms with Crippen molar-refractivity contribution < 1.29 is 4.42 Å². The zero-order chi connectivity index (χ0) is 38.1. The second-order valence-electron chi connectivity index (χ2n) is 15.7. The van der Waals surface area contributed by atoms with Crippen LogP contribution >= 0.6 is 0 Å². The number of furan rings is 1. The van der Waals surface area contributed by atoms with Crippen LogP contribution in [0.4, 0.5) is 17.1 Å². The Morgan fingerprint density at radius 3 is 1.81 bits per heavy atom. The summed E-state index contributed by atoms with van der Waals surface area (Å²) in [6.45, 7) is 4.70. The molecular formula is C55H39NO. The Labute approximate surface area is 332 Å². The number of anilines is 3.